The number of carboxylic acids is 1. The highest BCUT2D eigenvalue weighted by molar-refractivity contribution is 7.92. The number of hydrogen-bond acceptors (Lipinski definition) is 5. The normalized spacial score (nSPS) is 29.1. The highest BCUT2D eigenvalue weighted by atomic mass is 32.2. The van der Waals surface area contributed by atoms with E-state index in [4.69, 9.17) is 9.84 Å². The summed E-state index contributed by atoms with van der Waals surface area (Å²) in [6, 6.07) is -1.58. The quantitative estimate of drug-likeness (QED) is 0.695. The first-order valence-corrected chi connectivity index (χ1v) is 8.20. The summed E-state index contributed by atoms with van der Waals surface area (Å²) in [4.78, 5) is 24.2. The molecule has 2 atom stereocenters. The molecule has 0 spiro atoms. The number of nitrogens with zero attached hydrogens (tertiary/aromatic N) is 1. The maximum atomic E-state index is 12.0. The third-order valence-electron chi connectivity index (χ3n) is 3.62. The first-order valence-electron chi connectivity index (χ1n) is 6.48. The predicted octanol–water partition coefficient (Wildman–Crippen LogP) is -0.941. The Labute approximate surface area is 117 Å². The van der Waals surface area contributed by atoms with Crippen molar-refractivity contribution in [1.29, 1.82) is 0 Å². The van der Waals surface area contributed by atoms with E-state index in [1.54, 1.807) is 0 Å². The van der Waals surface area contributed by atoms with Crippen molar-refractivity contribution in [1.82, 2.24) is 10.2 Å². The second-order valence-electron chi connectivity index (χ2n) is 4.94. The van der Waals surface area contributed by atoms with Crippen molar-refractivity contribution in [2.24, 2.45) is 0 Å². The second-order valence-corrected chi connectivity index (χ2v) is 7.34. The minimum absolute atomic E-state index is 0.0326. The predicted molar refractivity (Wildman–Crippen MR) is 69.2 cm³/mol. The van der Waals surface area contributed by atoms with Crippen LogP contribution in [0.3, 0.4) is 0 Å². The average Bonchev–Trinajstić information content (AvgIpc) is 2.75. The number of amides is 2. The lowest BCUT2D eigenvalue weighted by molar-refractivity contribution is -0.147. The summed E-state index contributed by atoms with van der Waals surface area (Å²) in [5, 5.41) is 11.0. The van der Waals surface area contributed by atoms with Crippen LogP contribution in [-0.2, 0) is 19.4 Å². The van der Waals surface area contributed by atoms with Crippen LogP contribution < -0.4 is 5.32 Å². The fourth-order valence-corrected chi connectivity index (χ4v) is 4.21. The van der Waals surface area contributed by atoms with Gasteiger partial charge in [-0.25, -0.2) is 18.0 Å². The van der Waals surface area contributed by atoms with Crippen LogP contribution in [0.2, 0.25) is 0 Å². The highest BCUT2D eigenvalue weighted by Gasteiger charge is 2.35. The molecule has 0 aromatic heterocycles. The summed E-state index contributed by atoms with van der Waals surface area (Å²) in [7, 11) is -3.12. The molecule has 0 aromatic rings. The van der Waals surface area contributed by atoms with Crippen molar-refractivity contribution in [2.75, 3.05) is 32.1 Å². The third kappa shape index (κ3) is 3.21. The molecule has 2 N–H and O–H groups in total. The molecule has 0 aromatic carbocycles. The zero-order valence-corrected chi connectivity index (χ0v) is 11.8. The van der Waals surface area contributed by atoms with E-state index in [-0.39, 0.29) is 32.1 Å². The lowest BCUT2D eigenvalue weighted by Crippen LogP contribution is -2.56. The summed E-state index contributed by atoms with van der Waals surface area (Å²) in [5.41, 5.74) is 0. The Hall–Kier alpha value is -1.35. The van der Waals surface area contributed by atoms with Gasteiger partial charge in [-0.3, -0.25) is 0 Å². The standard InChI is InChI=1S/C11H18N2O6S/c14-10(15)9-7-19-4-3-13(9)11(16)12-6-8-2-1-5-20(8,17)18/h8-9H,1-7H2,(H,12,16)(H,14,15). The van der Waals surface area contributed by atoms with Gasteiger partial charge in [0.05, 0.1) is 24.2 Å². The van der Waals surface area contributed by atoms with E-state index < -0.39 is 33.1 Å². The second kappa shape index (κ2) is 5.96. The van der Waals surface area contributed by atoms with Crippen LogP contribution in [0, 0.1) is 0 Å². The molecule has 2 rings (SSSR count). The summed E-state index contributed by atoms with van der Waals surface area (Å²) in [5.74, 6) is -0.976. The smallest absolute Gasteiger partial charge is 0.328 e. The van der Waals surface area contributed by atoms with Gasteiger partial charge in [-0.1, -0.05) is 0 Å². The van der Waals surface area contributed by atoms with Gasteiger partial charge in [0.15, 0.2) is 15.9 Å². The van der Waals surface area contributed by atoms with E-state index >= 15 is 0 Å². The maximum Gasteiger partial charge on any atom is 0.328 e. The van der Waals surface area contributed by atoms with Crippen LogP contribution >= 0.6 is 0 Å². The van der Waals surface area contributed by atoms with E-state index in [0.717, 1.165) is 0 Å². The first kappa shape index (κ1) is 15.0. The van der Waals surface area contributed by atoms with Crippen molar-refractivity contribution in [3.8, 4) is 0 Å². The fraction of sp³-hybridized carbons (Fsp3) is 0.818. The van der Waals surface area contributed by atoms with Crippen LogP contribution in [0.1, 0.15) is 12.8 Å². The lowest BCUT2D eigenvalue weighted by atomic mass is 10.2. The summed E-state index contributed by atoms with van der Waals surface area (Å²) in [6.45, 7) is 0.439. The molecule has 9 heteroatoms. The molecule has 2 aliphatic heterocycles. The number of morpholine rings is 1. The van der Waals surface area contributed by atoms with Gasteiger partial charge in [-0.15, -0.1) is 0 Å². The van der Waals surface area contributed by atoms with E-state index in [0.29, 0.717) is 12.8 Å². The van der Waals surface area contributed by atoms with Gasteiger partial charge >= 0.3 is 12.0 Å². The van der Waals surface area contributed by atoms with Crippen molar-refractivity contribution in [3.05, 3.63) is 0 Å². The van der Waals surface area contributed by atoms with E-state index in [9.17, 15) is 18.0 Å². The molecule has 2 saturated heterocycles. The van der Waals surface area contributed by atoms with E-state index in [1.807, 2.05) is 0 Å². The van der Waals surface area contributed by atoms with Crippen molar-refractivity contribution in [3.63, 3.8) is 0 Å². The summed E-state index contributed by atoms with van der Waals surface area (Å²) < 4.78 is 28.3. The topological polar surface area (TPSA) is 113 Å². The van der Waals surface area contributed by atoms with Gasteiger partial charge in [0.2, 0.25) is 0 Å². The maximum absolute atomic E-state index is 12.0. The molecular weight excluding hydrogens is 288 g/mol. The molecule has 2 unspecified atom stereocenters. The molecule has 8 nitrogen and oxygen atoms in total. The van der Waals surface area contributed by atoms with E-state index in [1.165, 1.54) is 4.90 Å². The van der Waals surface area contributed by atoms with Gasteiger partial charge in [0.25, 0.3) is 0 Å². The lowest BCUT2D eigenvalue weighted by Gasteiger charge is -2.33. The number of hydrogen-bond donors (Lipinski definition) is 2. The molecule has 0 aliphatic carbocycles. The SMILES string of the molecule is O=C(O)C1COCCN1C(=O)NCC1CCCS1(=O)=O. The average molecular weight is 306 g/mol. The molecule has 0 radical (unpaired) electrons. The zero-order chi connectivity index (χ0) is 14.8. The van der Waals surface area contributed by atoms with Gasteiger partial charge < -0.3 is 20.1 Å². The van der Waals surface area contributed by atoms with Crippen molar-refractivity contribution >= 4 is 21.8 Å². The summed E-state index contributed by atoms with van der Waals surface area (Å²) >= 11 is 0. The molecule has 2 aliphatic rings. The molecule has 2 amide bonds. The number of nitrogens with one attached hydrogen (secondary N) is 1. The number of ether oxygens (including phenoxy) is 1. The van der Waals surface area contributed by atoms with Crippen LogP contribution in [-0.4, -0.2) is 73.8 Å². The van der Waals surface area contributed by atoms with Crippen molar-refractivity contribution < 1.29 is 27.9 Å². The van der Waals surface area contributed by atoms with Crippen LogP contribution in [0.5, 0.6) is 0 Å². The Morgan fingerprint density at radius 2 is 2.15 bits per heavy atom. The Morgan fingerprint density at radius 3 is 2.75 bits per heavy atom. The zero-order valence-electron chi connectivity index (χ0n) is 10.9. The number of carboxylic acid groups (broad SMARTS) is 1. The minimum Gasteiger partial charge on any atom is -0.480 e. The Kier molecular flexibility index (Phi) is 4.48. The summed E-state index contributed by atoms with van der Waals surface area (Å²) in [6.07, 6.45) is 1.15. The molecule has 2 fully saturated rings. The Balaban J connectivity index is 1.92. The third-order valence-corrected chi connectivity index (χ3v) is 5.89. The Morgan fingerprint density at radius 1 is 1.40 bits per heavy atom. The number of carbonyl (C=O) groups is 2. The Bertz CT molecular complexity index is 491. The molecule has 2 heterocycles. The minimum atomic E-state index is -3.12. The van der Waals surface area contributed by atoms with Gasteiger partial charge in [-0.05, 0) is 12.8 Å². The monoisotopic (exact) mass is 306 g/mol. The number of aliphatic carboxylic acids is 1. The van der Waals surface area contributed by atoms with Crippen LogP contribution in [0.25, 0.3) is 0 Å². The molecular formula is C11H18N2O6S. The van der Waals surface area contributed by atoms with Crippen LogP contribution in [0.15, 0.2) is 0 Å². The number of carbonyl (C=O) groups excluding carboxylic acids is 1. The van der Waals surface area contributed by atoms with Crippen molar-refractivity contribution in [2.45, 2.75) is 24.1 Å². The van der Waals surface area contributed by atoms with Crippen LogP contribution in [0.4, 0.5) is 4.79 Å². The number of rotatable bonds is 3. The van der Waals surface area contributed by atoms with Gasteiger partial charge in [0.1, 0.15) is 0 Å². The molecule has 0 saturated carbocycles. The highest BCUT2D eigenvalue weighted by Crippen LogP contribution is 2.19. The molecule has 114 valence electrons. The fourth-order valence-electron chi connectivity index (χ4n) is 2.44. The first-order chi connectivity index (χ1) is 9.42. The number of urea groups is 1. The largest absolute Gasteiger partial charge is 0.480 e. The molecule has 20 heavy (non-hydrogen) atoms. The van der Waals surface area contributed by atoms with Gasteiger partial charge in [-0.2, -0.15) is 0 Å². The van der Waals surface area contributed by atoms with Gasteiger partial charge in [0, 0.05) is 13.1 Å². The number of sulfone groups is 1. The van der Waals surface area contributed by atoms with E-state index in [2.05, 4.69) is 5.32 Å². The molecule has 0 bridgehead atoms.